The highest BCUT2D eigenvalue weighted by atomic mass is 32.2. The van der Waals surface area contributed by atoms with Gasteiger partial charge >= 0.3 is 12.6 Å². The van der Waals surface area contributed by atoms with E-state index >= 15 is 0 Å². The summed E-state index contributed by atoms with van der Waals surface area (Å²) in [5, 5.41) is 10.5. The first-order valence-electron chi connectivity index (χ1n) is 10.9. The first-order valence-corrected chi connectivity index (χ1v) is 13.1. The summed E-state index contributed by atoms with van der Waals surface area (Å²) in [6, 6.07) is 12.0. The lowest BCUT2D eigenvalue weighted by Gasteiger charge is -2.49. The second kappa shape index (κ2) is 9.63. The molecule has 1 aliphatic carbocycles. The van der Waals surface area contributed by atoms with E-state index in [0.29, 0.717) is 18.4 Å². The van der Waals surface area contributed by atoms with Crippen molar-refractivity contribution in [2.24, 2.45) is 0 Å². The third-order valence-electron chi connectivity index (χ3n) is 6.16. The van der Waals surface area contributed by atoms with Crippen LogP contribution in [-0.4, -0.2) is 41.9 Å². The quantitative estimate of drug-likeness (QED) is 0.416. The smallest absolute Gasteiger partial charge is 0.387 e. The highest BCUT2D eigenvalue weighted by Crippen LogP contribution is 2.49. The zero-order valence-corrected chi connectivity index (χ0v) is 20.7. The lowest BCUT2D eigenvalue weighted by atomic mass is 9.71. The highest BCUT2D eigenvalue weighted by molar-refractivity contribution is 7.89. The van der Waals surface area contributed by atoms with Crippen LogP contribution in [0.15, 0.2) is 53.4 Å². The molecule has 7 nitrogen and oxygen atoms in total. The summed E-state index contributed by atoms with van der Waals surface area (Å²) in [5.41, 5.74) is 1.54. The average molecular weight is 523 g/mol. The Labute approximate surface area is 206 Å². The molecule has 3 aromatic rings. The monoisotopic (exact) mass is 522 g/mol. The lowest BCUT2D eigenvalue weighted by Crippen LogP contribution is -2.55. The molecular formula is C24H24F2N2O5S2. The summed E-state index contributed by atoms with van der Waals surface area (Å²) in [7, 11) is -4.27. The van der Waals surface area contributed by atoms with Crippen LogP contribution >= 0.6 is 11.3 Å². The van der Waals surface area contributed by atoms with E-state index < -0.39 is 34.7 Å². The average Bonchev–Trinajstić information content (AvgIpc) is 3.10. The van der Waals surface area contributed by atoms with Crippen molar-refractivity contribution in [1.29, 1.82) is 0 Å². The van der Waals surface area contributed by atoms with E-state index in [0.717, 1.165) is 56.1 Å². The van der Waals surface area contributed by atoms with Crippen molar-refractivity contribution < 1.29 is 31.8 Å². The molecule has 0 atom stereocenters. The fourth-order valence-electron chi connectivity index (χ4n) is 4.43. The molecule has 2 aromatic carbocycles. The molecule has 1 aromatic heterocycles. The number of rotatable bonds is 9. The number of halogens is 2. The molecule has 0 radical (unpaired) electrons. The van der Waals surface area contributed by atoms with Crippen molar-refractivity contribution in [1.82, 2.24) is 9.29 Å². The standard InChI is InChI=1S/C24H24F2N2O5S2/c1-15-22(34-16(2)27-15)17-4-6-18(7-5-17)24(12-3-13-24)28(14-21(29)30)35(31,32)20-10-8-19(9-11-20)33-23(25)26/h4-11,23H,3,12-14H2,1-2H3,(H,29,30). The molecule has 0 spiro atoms. The summed E-state index contributed by atoms with van der Waals surface area (Å²) < 4.78 is 57.5. The largest absolute Gasteiger partial charge is 0.480 e. The molecule has 0 amide bonds. The summed E-state index contributed by atoms with van der Waals surface area (Å²) in [4.78, 5) is 17.0. The van der Waals surface area contributed by atoms with E-state index in [1.807, 2.05) is 38.1 Å². The Balaban J connectivity index is 1.72. The molecular weight excluding hydrogens is 498 g/mol. The van der Waals surface area contributed by atoms with Crippen molar-refractivity contribution >= 4 is 27.3 Å². The Bertz CT molecular complexity index is 1320. The van der Waals surface area contributed by atoms with Gasteiger partial charge in [0.05, 0.1) is 26.0 Å². The van der Waals surface area contributed by atoms with Gasteiger partial charge < -0.3 is 9.84 Å². The molecule has 1 aliphatic rings. The minimum atomic E-state index is -4.27. The maximum absolute atomic E-state index is 13.6. The molecule has 1 fully saturated rings. The molecule has 0 unspecified atom stereocenters. The first kappa shape index (κ1) is 25.2. The van der Waals surface area contributed by atoms with Crippen LogP contribution < -0.4 is 4.74 Å². The van der Waals surface area contributed by atoms with Crippen LogP contribution in [0.2, 0.25) is 0 Å². The number of hydrogen-bond acceptors (Lipinski definition) is 6. The number of sulfonamides is 1. The number of ether oxygens (including phenoxy) is 1. The van der Waals surface area contributed by atoms with Crippen LogP contribution in [-0.2, 0) is 20.4 Å². The number of aromatic nitrogens is 1. The summed E-state index contributed by atoms with van der Waals surface area (Å²) in [6.45, 7) is 0.0883. The van der Waals surface area contributed by atoms with Crippen molar-refractivity contribution in [3.05, 3.63) is 64.8 Å². The Morgan fingerprint density at radius 3 is 2.23 bits per heavy atom. The van der Waals surface area contributed by atoms with Crippen LogP contribution in [0.1, 0.15) is 35.5 Å². The first-order chi connectivity index (χ1) is 16.5. The zero-order chi connectivity index (χ0) is 25.4. The van der Waals surface area contributed by atoms with Crippen LogP contribution in [0.4, 0.5) is 8.78 Å². The molecule has 0 bridgehead atoms. The summed E-state index contributed by atoms with van der Waals surface area (Å²) >= 11 is 1.57. The van der Waals surface area contributed by atoms with E-state index in [1.54, 1.807) is 11.3 Å². The summed E-state index contributed by atoms with van der Waals surface area (Å²) in [6.07, 6.45) is 1.66. The minimum Gasteiger partial charge on any atom is -0.480 e. The maximum atomic E-state index is 13.6. The Kier molecular flexibility index (Phi) is 6.94. The number of hydrogen-bond donors (Lipinski definition) is 1. The van der Waals surface area contributed by atoms with Gasteiger partial charge in [0.15, 0.2) is 0 Å². The maximum Gasteiger partial charge on any atom is 0.387 e. The van der Waals surface area contributed by atoms with Crippen LogP contribution in [0.25, 0.3) is 10.4 Å². The van der Waals surface area contributed by atoms with Crippen molar-refractivity contribution in [2.75, 3.05) is 6.54 Å². The van der Waals surface area contributed by atoms with Gasteiger partial charge in [-0.3, -0.25) is 4.79 Å². The summed E-state index contributed by atoms with van der Waals surface area (Å²) in [5.74, 6) is -1.48. The number of benzene rings is 2. The van der Waals surface area contributed by atoms with Gasteiger partial charge in [-0.2, -0.15) is 13.1 Å². The molecule has 11 heteroatoms. The number of nitrogens with zero attached hydrogens (tertiary/aromatic N) is 2. The molecule has 1 N–H and O–H groups in total. The zero-order valence-electron chi connectivity index (χ0n) is 19.1. The van der Waals surface area contributed by atoms with Crippen molar-refractivity contribution in [3.63, 3.8) is 0 Å². The molecule has 1 saturated carbocycles. The van der Waals surface area contributed by atoms with Gasteiger partial charge in [0.1, 0.15) is 12.3 Å². The number of carboxylic acids is 1. The molecule has 0 aliphatic heterocycles. The van der Waals surface area contributed by atoms with Gasteiger partial charge in [-0.15, -0.1) is 11.3 Å². The fourth-order valence-corrected chi connectivity index (χ4v) is 7.12. The number of thiazole rings is 1. The Hall–Kier alpha value is -2.89. The van der Waals surface area contributed by atoms with Crippen molar-refractivity contribution in [2.45, 2.75) is 50.2 Å². The minimum absolute atomic E-state index is 0.189. The number of carbonyl (C=O) groups is 1. The van der Waals surface area contributed by atoms with Crippen LogP contribution in [0.5, 0.6) is 5.75 Å². The van der Waals surface area contributed by atoms with Gasteiger partial charge in [0.2, 0.25) is 10.0 Å². The third-order valence-corrected chi connectivity index (χ3v) is 9.21. The number of alkyl halides is 2. The van der Waals surface area contributed by atoms with E-state index in [2.05, 4.69) is 9.72 Å². The van der Waals surface area contributed by atoms with Gasteiger partial charge in [0.25, 0.3) is 0 Å². The normalized spacial score (nSPS) is 15.3. The van der Waals surface area contributed by atoms with Gasteiger partial charge in [-0.05, 0) is 68.5 Å². The second-order valence-electron chi connectivity index (χ2n) is 8.37. The topological polar surface area (TPSA) is 96.8 Å². The Morgan fingerprint density at radius 1 is 1.14 bits per heavy atom. The van der Waals surface area contributed by atoms with E-state index in [-0.39, 0.29) is 10.6 Å². The highest BCUT2D eigenvalue weighted by Gasteiger charge is 2.50. The molecule has 35 heavy (non-hydrogen) atoms. The Morgan fingerprint density at radius 2 is 1.77 bits per heavy atom. The predicted molar refractivity (Wildman–Crippen MR) is 127 cm³/mol. The SMILES string of the molecule is Cc1nc(C)c(-c2ccc(C3(N(CC(=O)O)S(=O)(=O)c4ccc(OC(F)F)cc4)CCC3)cc2)s1. The van der Waals surface area contributed by atoms with E-state index in [1.165, 1.54) is 0 Å². The van der Waals surface area contributed by atoms with Gasteiger partial charge in [-0.25, -0.2) is 13.4 Å². The molecule has 4 rings (SSSR count). The van der Waals surface area contributed by atoms with Gasteiger partial charge in [-0.1, -0.05) is 24.3 Å². The van der Waals surface area contributed by atoms with Crippen LogP contribution in [0.3, 0.4) is 0 Å². The molecule has 1 heterocycles. The molecule has 186 valence electrons. The second-order valence-corrected chi connectivity index (χ2v) is 11.4. The number of carboxylic acid groups (broad SMARTS) is 1. The predicted octanol–water partition coefficient (Wildman–Crippen LogP) is 5.18. The molecule has 0 saturated heterocycles. The van der Waals surface area contributed by atoms with Crippen molar-refractivity contribution in [3.8, 4) is 16.2 Å². The number of aryl methyl sites for hydroxylation is 2. The number of aliphatic carboxylic acids is 1. The third kappa shape index (κ3) is 4.93. The van der Waals surface area contributed by atoms with Gasteiger partial charge in [0, 0.05) is 0 Å². The van der Waals surface area contributed by atoms with E-state index in [9.17, 15) is 27.1 Å². The lowest BCUT2D eigenvalue weighted by molar-refractivity contribution is -0.139. The van der Waals surface area contributed by atoms with Crippen LogP contribution in [0, 0.1) is 13.8 Å². The van der Waals surface area contributed by atoms with E-state index in [4.69, 9.17) is 0 Å². The fraction of sp³-hybridized carbons (Fsp3) is 0.333.